The molecule has 0 aliphatic rings. The quantitative estimate of drug-likeness (QED) is 0.892. The van der Waals surface area contributed by atoms with Gasteiger partial charge in [-0.05, 0) is 30.7 Å². The van der Waals surface area contributed by atoms with E-state index in [0.717, 1.165) is 10.8 Å². The highest BCUT2D eigenvalue weighted by Crippen LogP contribution is 2.21. The number of anilines is 1. The van der Waals surface area contributed by atoms with Gasteiger partial charge in [0.25, 0.3) is 5.91 Å². The van der Waals surface area contributed by atoms with Crippen molar-refractivity contribution >= 4 is 34.7 Å². The number of aromatic nitrogens is 1. The van der Waals surface area contributed by atoms with Crippen LogP contribution in [0.1, 0.15) is 15.2 Å². The SMILES string of the molecule is CNC(=O)c1cccnc1NCCc1ccc(Cl)s1. The Morgan fingerprint density at radius 2 is 2.26 bits per heavy atom. The van der Waals surface area contributed by atoms with Gasteiger partial charge in [-0.25, -0.2) is 4.98 Å². The van der Waals surface area contributed by atoms with Crippen LogP contribution in [-0.2, 0) is 6.42 Å². The molecule has 4 nitrogen and oxygen atoms in total. The number of pyridine rings is 1. The van der Waals surface area contributed by atoms with E-state index >= 15 is 0 Å². The van der Waals surface area contributed by atoms with Crippen LogP contribution >= 0.6 is 22.9 Å². The molecule has 2 heterocycles. The minimum absolute atomic E-state index is 0.144. The third-order valence-electron chi connectivity index (χ3n) is 2.57. The highest BCUT2D eigenvalue weighted by molar-refractivity contribution is 7.16. The molecule has 0 bridgehead atoms. The fourth-order valence-corrected chi connectivity index (χ4v) is 2.74. The summed E-state index contributed by atoms with van der Waals surface area (Å²) in [6.07, 6.45) is 2.51. The van der Waals surface area contributed by atoms with Crippen molar-refractivity contribution in [3.8, 4) is 0 Å². The van der Waals surface area contributed by atoms with Crippen molar-refractivity contribution < 1.29 is 4.79 Å². The van der Waals surface area contributed by atoms with E-state index in [4.69, 9.17) is 11.6 Å². The Hall–Kier alpha value is -1.59. The first-order chi connectivity index (χ1) is 9.20. The van der Waals surface area contributed by atoms with Gasteiger partial charge in [-0.1, -0.05) is 11.6 Å². The summed E-state index contributed by atoms with van der Waals surface area (Å²) in [4.78, 5) is 17.1. The highest BCUT2D eigenvalue weighted by Gasteiger charge is 2.09. The average Bonchev–Trinajstić information content (AvgIpc) is 2.84. The molecule has 0 saturated heterocycles. The van der Waals surface area contributed by atoms with E-state index in [9.17, 15) is 4.79 Å². The fourth-order valence-electron chi connectivity index (χ4n) is 1.65. The molecular formula is C13H14ClN3OS. The van der Waals surface area contributed by atoms with Crippen LogP contribution in [0.3, 0.4) is 0 Å². The van der Waals surface area contributed by atoms with Crippen LogP contribution in [0.25, 0.3) is 0 Å². The van der Waals surface area contributed by atoms with Crippen LogP contribution in [0.2, 0.25) is 4.34 Å². The molecule has 2 rings (SSSR count). The smallest absolute Gasteiger partial charge is 0.254 e. The van der Waals surface area contributed by atoms with Crippen molar-refractivity contribution in [2.24, 2.45) is 0 Å². The van der Waals surface area contributed by atoms with Gasteiger partial charge in [-0.3, -0.25) is 4.79 Å². The predicted octanol–water partition coefficient (Wildman–Crippen LogP) is 2.81. The Balaban J connectivity index is 1.97. The fraction of sp³-hybridized carbons (Fsp3) is 0.231. The molecule has 0 aliphatic heterocycles. The van der Waals surface area contributed by atoms with Crippen molar-refractivity contribution in [1.29, 1.82) is 0 Å². The zero-order valence-corrected chi connectivity index (χ0v) is 12.0. The number of thiophene rings is 1. The van der Waals surface area contributed by atoms with Gasteiger partial charge in [0.1, 0.15) is 5.82 Å². The lowest BCUT2D eigenvalue weighted by Crippen LogP contribution is -2.20. The van der Waals surface area contributed by atoms with Gasteiger partial charge in [-0.15, -0.1) is 11.3 Å². The first-order valence-corrected chi connectivity index (χ1v) is 7.05. The first-order valence-electron chi connectivity index (χ1n) is 5.86. The number of carbonyl (C=O) groups excluding carboxylic acids is 1. The number of carbonyl (C=O) groups is 1. The Bertz CT molecular complexity index is 571. The van der Waals surface area contributed by atoms with Crippen LogP contribution in [0, 0.1) is 0 Å². The molecule has 100 valence electrons. The van der Waals surface area contributed by atoms with E-state index in [1.807, 2.05) is 12.1 Å². The highest BCUT2D eigenvalue weighted by atomic mass is 35.5. The summed E-state index contributed by atoms with van der Waals surface area (Å²) in [6, 6.07) is 7.38. The molecule has 19 heavy (non-hydrogen) atoms. The molecule has 0 aromatic carbocycles. The van der Waals surface area contributed by atoms with Gasteiger partial charge in [-0.2, -0.15) is 0 Å². The Morgan fingerprint density at radius 1 is 1.42 bits per heavy atom. The lowest BCUT2D eigenvalue weighted by atomic mass is 10.2. The average molecular weight is 296 g/mol. The molecule has 0 fully saturated rings. The lowest BCUT2D eigenvalue weighted by molar-refractivity contribution is 0.0963. The van der Waals surface area contributed by atoms with Crippen LogP contribution in [0.15, 0.2) is 30.5 Å². The van der Waals surface area contributed by atoms with Crippen molar-refractivity contribution in [1.82, 2.24) is 10.3 Å². The summed E-state index contributed by atoms with van der Waals surface area (Å²) in [5.74, 6) is 0.458. The molecular weight excluding hydrogens is 282 g/mol. The van der Waals surface area contributed by atoms with Crippen molar-refractivity contribution in [2.75, 3.05) is 18.9 Å². The van der Waals surface area contributed by atoms with Gasteiger partial charge < -0.3 is 10.6 Å². The molecule has 2 N–H and O–H groups in total. The zero-order valence-electron chi connectivity index (χ0n) is 10.4. The normalized spacial score (nSPS) is 10.2. The number of nitrogens with zero attached hydrogens (tertiary/aromatic N) is 1. The van der Waals surface area contributed by atoms with Gasteiger partial charge in [0.05, 0.1) is 9.90 Å². The molecule has 0 aliphatic carbocycles. The number of amides is 1. The van der Waals surface area contributed by atoms with Gasteiger partial charge in [0, 0.05) is 24.7 Å². The molecule has 2 aromatic rings. The van der Waals surface area contributed by atoms with Crippen molar-refractivity contribution in [3.63, 3.8) is 0 Å². The third kappa shape index (κ3) is 3.68. The lowest BCUT2D eigenvalue weighted by Gasteiger charge is -2.09. The number of rotatable bonds is 5. The summed E-state index contributed by atoms with van der Waals surface area (Å²) in [6.45, 7) is 0.706. The van der Waals surface area contributed by atoms with Gasteiger partial charge >= 0.3 is 0 Å². The number of halogens is 1. The second-order valence-electron chi connectivity index (χ2n) is 3.86. The van der Waals surface area contributed by atoms with Crippen LogP contribution < -0.4 is 10.6 Å². The van der Waals surface area contributed by atoms with Crippen molar-refractivity contribution in [2.45, 2.75) is 6.42 Å². The first kappa shape index (κ1) is 13.8. The van der Waals surface area contributed by atoms with Crippen molar-refractivity contribution in [3.05, 3.63) is 45.2 Å². The molecule has 0 unspecified atom stereocenters. The number of hydrogen-bond donors (Lipinski definition) is 2. The largest absolute Gasteiger partial charge is 0.369 e. The molecule has 0 spiro atoms. The number of hydrogen-bond acceptors (Lipinski definition) is 4. The zero-order chi connectivity index (χ0) is 13.7. The Kier molecular flexibility index (Phi) is 4.76. The van der Waals surface area contributed by atoms with E-state index in [1.165, 1.54) is 4.88 Å². The second-order valence-corrected chi connectivity index (χ2v) is 5.66. The maximum Gasteiger partial charge on any atom is 0.254 e. The topological polar surface area (TPSA) is 54.0 Å². The van der Waals surface area contributed by atoms with E-state index in [2.05, 4.69) is 15.6 Å². The van der Waals surface area contributed by atoms with E-state index in [-0.39, 0.29) is 5.91 Å². The molecule has 0 atom stereocenters. The van der Waals surface area contributed by atoms with Crippen LogP contribution in [-0.4, -0.2) is 24.5 Å². The minimum Gasteiger partial charge on any atom is -0.369 e. The molecule has 0 radical (unpaired) electrons. The second kappa shape index (κ2) is 6.54. The van der Waals surface area contributed by atoms with Gasteiger partial charge in [0.2, 0.25) is 0 Å². The molecule has 1 amide bonds. The van der Waals surface area contributed by atoms with E-state index in [1.54, 1.807) is 36.7 Å². The van der Waals surface area contributed by atoms with Crippen LogP contribution in [0.5, 0.6) is 0 Å². The maximum atomic E-state index is 11.7. The predicted molar refractivity (Wildman–Crippen MR) is 79.1 cm³/mol. The maximum absolute atomic E-state index is 11.7. The molecule has 2 aromatic heterocycles. The monoisotopic (exact) mass is 295 g/mol. The summed E-state index contributed by atoms with van der Waals surface area (Å²) >= 11 is 7.44. The van der Waals surface area contributed by atoms with Gasteiger partial charge in [0.15, 0.2) is 0 Å². The summed E-state index contributed by atoms with van der Waals surface area (Å²) in [5, 5.41) is 5.78. The summed E-state index contributed by atoms with van der Waals surface area (Å²) < 4.78 is 0.791. The standard InChI is InChI=1S/C13H14ClN3OS/c1-15-13(18)10-3-2-7-16-12(10)17-8-6-9-4-5-11(14)19-9/h2-5,7H,6,8H2,1H3,(H,15,18)(H,16,17). The van der Waals surface area contributed by atoms with E-state index < -0.39 is 0 Å². The minimum atomic E-state index is -0.144. The Morgan fingerprint density at radius 3 is 2.95 bits per heavy atom. The Labute approximate surface area is 120 Å². The third-order valence-corrected chi connectivity index (χ3v) is 3.86. The molecule has 6 heteroatoms. The molecule has 0 saturated carbocycles. The summed E-state index contributed by atoms with van der Waals surface area (Å²) in [5.41, 5.74) is 0.550. The number of nitrogens with one attached hydrogen (secondary N) is 2. The summed E-state index contributed by atoms with van der Waals surface area (Å²) in [7, 11) is 1.60. The van der Waals surface area contributed by atoms with Crippen LogP contribution in [0.4, 0.5) is 5.82 Å². The van der Waals surface area contributed by atoms with E-state index in [0.29, 0.717) is 17.9 Å².